The topological polar surface area (TPSA) is 37.8 Å². The van der Waals surface area contributed by atoms with Gasteiger partial charge in [-0.1, -0.05) is 13.0 Å². The van der Waals surface area contributed by atoms with Gasteiger partial charge in [-0.05, 0) is 56.9 Å². The van der Waals surface area contributed by atoms with E-state index in [4.69, 9.17) is 9.97 Å². The molecule has 2 rings (SSSR count). The van der Waals surface area contributed by atoms with Gasteiger partial charge in [0.2, 0.25) is 0 Å². The van der Waals surface area contributed by atoms with Crippen LogP contribution in [0.5, 0.6) is 0 Å². The Balaban J connectivity index is 2.65. The number of nitrogens with one attached hydrogen (secondary N) is 1. The van der Waals surface area contributed by atoms with E-state index < -0.39 is 0 Å². The normalized spacial score (nSPS) is 10.7. The summed E-state index contributed by atoms with van der Waals surface area (Å²) in [5.74, 6) is 1.75. The van der Waals surface area contributed by atoms with Gasteiger partial charge in [-0.3, -0.25) is 0 Å². The Morgan fingerprint density at radius 1 is 0.950 bits per heavy atom. The van der Waals surface area contributed by atoms with Crippen molar-refractivity contribution in [1.82, 2.24) is 9.97 Å². The summed E-state index contributed by atoms with van der Waals surface area (Å²) in [6.07, 6.45) is 0.939. The minimum atomic E-state index is 0.810. The summed E-state index contributed by atoms with van der Waals surface area (Å²) in [7, 11) is 1.91. The molecule has 0 bridgehead atoms. The number of hydrogen-bond donors (Lipinski definition) is 1. The fourth-order valence-corrected chi connectivity index (χ4v) is 2.55. The standard InChI is InChI=1S/C17H23N3/c1-7-14-13(5)19-17(20-16(14)18-6)15-9-11(3)10(2)8-12(15)4/h8-9H,7H2,1-6H3,(H,18,19,20). The molecule has 0 fully saturated rings. The Labute approximate surface area is 121 Å². The molecule has 1 aromatic heterocycles. The van der Waals surface area contributed by atoms with Crippen molar-refractivity contribution >= 4 is 5.82 Å². The summed E-state index contributed by atoms with van der Waals surface area (Å²) in [5, 5.41) is 3.19. The molecule has 20 heavy (non-hydrogen) atoms. The van der Waals surface area contributed by atoms with Crippen LogP contribution in [0, 0.1) is 27.7 Å². The Bertz CT molecular complexity index is 645. The van der Waals surface area contributed by atoms with Crippen molar-refractivity contribution in [2.45, 2.75) is 41.0 Å². The molecule has 0 aliphatic rings. The highest BCUT2D eigenvalue weighted by atomic mass is 15.0. The predicted molar refractivity (Wildman–Crippen MR) is 85.3 cm³/mol. The lowest BCUT2D eigenvalue weighted by Crippen LogP contribution is -2.05. The van der Waals surface area contributed by atoms with Crippen molar-refractivity contribution < 1.29 is 0 Å². The van der Waals surface area contributed by atoms with E-state index in [1.165, 1.54) is 22.3 Å². The SMILES string of the molecule is CCc1c(C)nc(-c2cc(C)c(C)cc2C)nc1NC. The predicted octanol–water partition coefficient (Wildman–Crippen LogP) is 3.98. The van der Waals surface area contributed by atoms with Crippen LogP contribution in [-0.4, -0.2) is 17.0 Å². The lowest BCUT2D eigenvalue weighted by Gasteiger charge is -2.14. The number of anilines is 1. The van der Waals surface area contributed by atoms with Gasteiger partial charge < -0.3 is 5.32 Å². The highest BCUT2D eigenvalue weighted by molar-refractivity contribution is 5.65. The molecule has 0 spiro atoms. The van der Waals surface area contributed by atoms with Crippen LogP contribution in [0.2, 0.25) is 0 Å². The quantitative estimate of drug-likeness (QED) is 0.915. The van der Waals surface area contributed by atoms with E-state index in [1.807, 2.05) is 7.05 Å². The third-order valence-corrected chi connectivity index (χ3v) is 3.89. The average Bonchev–Trinajstić information content (AvgIpc) is 2.41. The maximum Gasteiger partial charge on any atom is 0.162 e. The summed E-state index contributed by atoms with van der Waals surface area (Å²) in [6, 6.07) is 4.39. The van der Waals surface area contributed by atoms with Gasteiger partial charge in [0.25, 0.3) is 0 Å². The maximum absolute atomic E-state index is 4.70. The first-order valence-electron chi connectivity index (χ1n) is 7.11. The third-order valence-electron chi connectivity index (χ3n) is 3.89. The first-order chi connectivity index (χ1) is 9.47. The van der Waals surface area contributed by atoms with E-state index in [9.17, 15) is 0 Å². The van der Waals surface area contributed by atoms with E-state index in [0.29, 0.717) is 0 Å². The highest BCUT2D eigenvalue weighted by Crippen LogP contribution is 2.27. The first kappa shape index (κ1) is 14.5. The Morgan fingerprint density at radius 2 is 1.60 bits per heavy atom. The molecule has 0 saturated heterocycles. The lowest BCUT2D eigenvalue weighted by atomic mass is 10.00. The molecule has 0 aliphatic carbocycles. The zero-order chi connectivity index (χ0) is 14.9. The summed E-state index contributed by atoms with van der Waals surface area (Å²) >= 11 is 0. The van der Waals surface area contributed by atoms with Crippen LogP contribution in [0.4, 0.5) is 5.82 Å². The second-order valence-electron chi connectivity index (χ2n) is 5.31. The number of aryl methyl sites for hydroxylation is 4. The number of nitrogens with zero attached hydrogens (tertiary/aromatic N) is 2. The van der Waals surface area contributed by atoms with Gasteiger partial charge in [0.05, 0.1) is 0 Å². The minimum absolute atomic E-state index is 0.810. The van der Waals surface area contributed by atoms with Crippen LogP contribution >= 0.6 is 0 Å². The molecule has 1 heterocycles. The highest BCUT2D eigenvalue weighted by Gasteiger charge is 2.13. The summed E-state index contributed by atoms with van der Waals surface area (Å²) in [5.41, 5.74) is 7.17. The molecule has 0 radical (unpaired) electrons. The second-order valence-corrected chi connectivity index (χ2v) is 5.31. The number of aromatic nitrogens is 2. The molecule has 0 unspecified atom stereocenters. The Hall–Kier alpha value is -1.90. The van der Waals surface area contributed by atoms with Crippen LogP contribution in [0.15, 0.2) is 12.1 Å². The second kappa shape index (κ2) is 5.61. The molecule has 0 amide bonds. The van der Waals surface area contributed by atoms with Crippen LogP contribution < -0.4 is 5.32 Å². The molecule has 0 atom stereocenters. The van der Waals surface area contributed by atoms with Gasteiger partial charge in [0.15, 0.2) is 5.82 Å². The van der Waals surface area contributed by atoms with Gasteiger partial charge in [-0.2, -0.15) is 0 Å². The van der Waals surface area contributed by atoms with Gasteiger partial charge in [0, 0.05) is 23.9 Å². The lowest BCUT2D eigenvalue weighted by molar-refractivity contribution is 1.00. The fourth-order valence-electron chi connectivity index (χ4n) is 2.55. The Kier molecular flexibility index (Phi) is 4.07. The smallest absolute Gasteiger partial charge is 0.162 e. The fraction of sp³-hybridized carbons (Fsp3) is 0.412. The average molecular weight is 269 g/mol. The maximum atomic E-state index is 4.70. The van der Waals surface area contributed by atoms with E-state index in [-0.39, 0.29) is 0 Å². The van der Waals surface area contributed by atoms with Crippen LogP contribution in [0.1, 0.15) is 34.9 Å². The molecule has 106 valence electrons. The molecule has 0 saturated carbocycles. The molecular formula is C17H23N3. The van der Waals surface area contributed by atoms with E-state index in [2.05, 4.69) is 52.1 Å². The van der Waals surface area contributed by atoms with Crippen LogP contribution in [0.3, 0.4) is 0 Å². The first-order valence-corrected chi connectivity index (χ1v) is 7.11. The zero-order valence-corrected chi connectivity index (χ0v) is 13.3. The summed E-state index contributed by atoms with van der Waals surface area (Å²) < 4.78 is 0. The molecule has 1 N–H and O–H groups in total. The van der Waals surface area contributed by atoms with E-state index in [1.54, 1.807) is 0 Å². The number of rotatable bonds is 3. The van der Waals surface area contributed by atoms with Crippen molar-refractivity contribution in [2.75, 3.05) is 12.4 Å². The molecule has 1 aromatic carbocycles. The van der Waals surface area contributed by atoms with Crippen molar-refractivity contribution in [3.05, 3.63) is 40.1 Å². The van der Waals surface area contributed by atoms with Gasteiger partial charge in [-0.25, -0.2) is 9.97 Å². The monoisotopic (exact) mass is 269 g/mol. The third kappa shape index (κ3) is 2.53. The van der Waals surface area contributed by atoms with Crippen molar-refractivity contribution in [3.8, 4) is 11.4 Å². The molecule has 3 nitrogen and oxygen atoms in total. The van der Waals surface area contributed by atoms with Crippen LogP contribution in [0.25, 0.3) is 11.4 Å². The minimum Gasteiger partial charge on any atom is -0.373 e. The van der Waals surface area contributed by atoms with E-state index >= 15 is 0 Å². The van der Waals surface area contributed by atoms with Crippen molar-refractivity contribution in [2.24, 2.45) is 0 Å². The molecule has 3 heteroatoms. The van der Waals surface area contributed by atoms with Crippen molar-refractivity contribution in [3.63, 3.8) is 0 Å². The molecule has 0 aliphatic heterocycles. The molecule has 2 aromatic rings. The van der Waals surface area contributed by atoms with Gasteiger partial charge >= 0.3 is 0 Å². The van der Waals surface area contributed by atoms with Gasteiger partial charge in [-0.15, -0.1) is 0 Å². The number of hydrogen-bond acceptors (Lipinski definition) is 3. The van der Waals surface area contributed by atoms with Gasteiger partial charge in [0.1, 0.15) is 5.82 Å². The summed E-state index contributed by atoms with van der Waals surface area (Å²) in [6.45, 7) is 10.6. The Morgan fingerprint density at radius 3 is 2.20 bits per heavy atom. The largest absolute Gasteiger partial charge is 0.373 e. The zero-order valence-electron chi connectivity index (χ0n) is 13.3. The van der Waals surface area contributed by atoms with Crippen LogP contribution in [-0.2, 0) is 6.42 Å². The van der Waals surface area contributed by atoms with E-state index in [0.717, 1.165) is 29.3 Å². The summed E-state index contributed by atoms with van der Waals surface area (Å²) in [4.78, 5) is 9.41. The molecular weight excluding hydrogens is 246 g/mol. The van der Waals surface area contributed by atoms with Crippen molar-refractivity contribution in [1.29, 1.82) is 0 Å². The number of benzene rings is 1.